The highest BCUT2D eigenvalue weighted by Crippen LogP contribution is 2.36. The number of nitrogens with zero attached hydrogens (tertiary/aromatic N) is 2. The van der Waals surface area contributed by atoms with Gasteiger partial charge in [-0.05, 0) is 30.8 Å². The maximum atomic E-state index is 13.4. The molecule has 1 aliphatic heterocycles. The first kappa shape index (κ1) is 11.8. The lowest BCUT2D eigenvalue weighted by Gasteiger charge is -2.36. The van der Waals surface area contributed by atoms with Gasteiger partial charge in [0, 0.05) is 44.2 Å². The third-order valence-corrected chi connectivity index (χ3v) is 4.03. The number of carbonyl (C=O) groups excluding carboxylic acids is 1. The van der Waals surface area contributed by atoms with Crippen LogP contribution in [0, 0.1) is 5.82 Å². The van der Waals surface area contributed by atoms with Gasteiger partial charge in [-0.1, -0.05) is 0 Å². The summed E-state index contributed by atoms with van der Waals surface area (Å²) < 4.78 is 13.4. The van der Waals surface area contributed by atoms with Crippen molar-refractivity contribution in [2.75, 3.05) is 33.2 Å². The van der Waals surface area contributed by atoms with Crippen LogP contribution < -0.4 is 0 Å². The van der Waals surface area contributed by atoms with Crippen molar-refractivity contribution in [2.24, 2.45) is 0 Å². The monoisotopic (exact) mass is 248 g/mol. The minimum Gasteiger partial charge on any atom is -0.304 e. The Bertz CT molecular complexity index is 481. The van der Waals surface area contributed by atoms with E-state index in [1.165, 1.54) is 12.1 Å². The van der Waals surface area contributed by atoms with E-state index in [1.54, 1.807) is 6.07 Å². The van der Waals surface area contributed by atoms with E-state index in [2.05, 4.69) is 16.8 Å². The molecular formula is C14H17FN2O. The fourth-order valence-electron chi connectivity index (χ4n) is 2.92. The summed E-state index contributed by atoms with van der Waals surface area (Å²) in [5, 5.41) is 0. The second-order valence-electron chi connectivity index (χ2n) is 5.21. The Balaban J connectivity index is 1.88. The van der Waals surface area contributed by atoms with Crippen molar-refractivity contribution in [3.8, 4) is 0 Å². The lowest BCUT2D eigenvalue weighted by atomic mass is 10.1. The van der Waals surface area contributed by atoms with E-state index in [-0.39, 0.29) is 17.6 Å². The lowest BCUT2D eigenvalue weighted by molar-refractivity contribution is 0.0880. The Hall–Kier alpha value is -1.26. The molecule has 1 atom stereocenters. The van der Waals surface area contributed by atoms with Gasteiger partial charge in [-0.25, -0.2) is 4.39 Å². The molecule has 0 spiro atoms. The van der Waals surface area contributed by atoms with Crippen LogP contribution in [0.2, 0.25) is 0 Å². The summed E-state index contributed by atoms with van der Waals surface area (Å²) in [5.74, 6) is -0.100. The number of rotatable bonds is 1. The van der Waals surface area contributed by atoms with E-state index in [9.17, 15) is 9.18 Å². The minimum atomic E-state index is -0.248. The molecule has 0 aromatic heterocycles. The van der Waals surface area contributed by atoms with Crippen LogP contribution in [0.1, 0.15) is 28.4 Å². The molecule has 18 heavy (non-hydrogen) atoms. The summed E-state index contributed by atoms with van der Waals surface area (Å²) in [6, 6.07) is 4.62. The van der Waals surface area contributed by atoms with Crippen molar-refractivity contribution in [1.29, 1.82) is 0 Å². The van der Waals surface area contributed by atoms with E-state index in [0.717, 1.165) is 31.7 Å². The predicted molar refractivity (Wildman–Crippen MR) is 67.2 cm³/mol. The number of carbonyl (C=O) groups is 1. The highest BCUT2D eigenvalue weighted by atomic mass is 19.1. The molecule has 0 bridgehead atoms. The zero-order valence-corrected chi connectivity index (χ0v) is 10.5. The van der Waals surface area contributed by atoms with Crippen molar-refractivity contribution in [3.63, 3.8) is 0 Å². The van der Waals surface area contributed by atoms with Gasteiger partial charge in [-0.3, -0.25) is 9.69 Å². The summed E-state index contributed by atoms with van der Waals surface area (Å²) in [4.78, 5) is 16.5. The lowest BCUT2D eigenvalue weighted by Crippen LogP contribution is -2.45. The molecule has 0 amide bonds. The van der Waals surface area contributed by atoms with E-state index in [1.807, 2.05) is 0 Å². The molecule has 3 nitrogen and oxygen atoms in total. The van der Waals surface area contributed by atoms with Crippen molar-refractivity contribution < 1.29 is 9.18 Å². The van der Waals surface area contributed by atoms with Gasteiger partial charge in [0.05, 0.1) is 0 Å². The fraction of sp³-hybridized carbons (Fsp3) is 0.500. The SMILES string of the molecule is CN1CCN(C2CC(=O)c3ccc(F)cc32)CC1. The molecule has 0 saturated carbocycles. The Morgan fingerprint density at radius 1 is 1.22 bits per heavy atom. The maximum Gasteiger partial charge on any atom is 0.165 e. The molecule has 3 rings (SSSR count). The molecule has 1 aromatic rings. The Morgan fingerprint density at radius 3 is 2.67 bits per heavy atom. The van der Waals surface area contributed by atoms with Crippen LogP contribution in [-0.2, 0) is 0 Å². The van der Waals surface area contributed by atoms with Crippen LogP contribution in [0.3, 0.4) is 0 Å². The predicted octanol–water partition coefficient (Wildman–Crippen LogP) is 1.70. The number of hydrogen-bond donors (Lipinski definition) is 0. The first-order valence-electron chi connectivity index (χ1n) is 6.40. The molecule has 96 valence electrons. The van der Waals surface area contributed by atoms with E-state index in [0.29, 0.717) is 12.0 Å². The summed E-state index contributed by atoms with van der Waals surface area (Å²) in [6.45, 7) is 3.92. The average molecular weight is 248 g/mol. The van der Waals surface area contributed by atoms with Crippen LogP contribution in [0.25, 0.3) is 0 Å². The standard InChI is InChI=1S/C14H17FN2O/c1-16-4-6-17(7-5-16)13-9-14(18)11-3-2-10(15)8-12(11)13/h2-3,8,13H,4-7,9H2,1H3. The van der Waals surface area contributed by atoms with Crippen LogP contribution >= 0.6 is 0 Å². The number of fused-ring (bicyclic) bond motifs is 1. The summed E-state index contributed by atoms with van der Waals surface area (Å²) in [7, 11) is 2.10. The van der Waals surface area contributed by atoms with Gasteiger partial charge in [0.25, 0.3) is 0 Å². The van der Waals surface area contributed by atoms with Gasteiger partial charge < -0.3 is 4.90 Å². The smallest absolute Gasteiger partial charge is 0.165 e. The number of likely N-dealkylation sites (N-methyl/N-ethyl adjacent to an activating group) is 1. The molecule has 1 saturated heterocycles. The first-order chi connectivity index (χ1) is 8.65. The number of ketones is 1. The third kappa shape index (κ3) is 1.95. The number of Topliss-reactive ketones (excluding diaryl/α,β-unsaturated/α-hetero) is 1. The van der Waals surface area contributed by atoms with Gasteiger partial charge >= 0.3 is 0 Å². The summed E-state index contributed by atoms with van der Waals surface area (Å²) in [6.07, 6.45) is 0.502. The van der Waals surface area contributed by atoms with E-state index < -0.39 is 0 Å². The zero-order chi connectivity index (χ0) is 12.7. The topological polar surface area (TPSA) is 23.6 Å². The van der Waals surface area contributed by atoms with Gasteiger partial charge in [0.1, 0.15) is 5.82 Å². The number of piperazine rings is 1. The van der Waals surface area contributed by atoms with Crippen molar-refractivity contribution in [2.45, 2.75) is 12.5 Å². The molecule has 1 heterocycles. The number of hydrogen-bond acceptors (Lipinski definition) is 3. The van der Waals surface area contributed by atoms with Crippen LogP contribution in [0.5, 0.6) is 0 Å². The second kappa shape index (κ2) is 4.44. The molecule has 1 fully saturated rings. The zero-order valence-electron chi connectivity index (χ0n) is 10.5. The molecule has 0 radical (unpaired) electrons. The molecular weight excluding hydrogens is 231 g/mol. The van der Waals surface area contributed by atoms with Crippen LogP contribution in [-0.4, -0.2) is 48.8 Å². The minimum absolute atomic E-state index is 0.0805. The second-order valence-corrected chi connectivity index (χ2v) is 5.21. The molecule has 1 unspecified atom stereocenters. The third-order valence-electron chi connectivity index (χ3n) is 4.03. The number of benzene rings is 1. The average Bonchev–Trinajstić information content (AvgIpc) is 2.67. The Kier molecular flexibility index (Phi) is 2.92. The summed E-state index contributed by atoms with van der Waals surface area (Å²) >= 11 is 0. The van der Waals surface area contributed by atoms with Crippen molar-refractivity contribution in [1.82, 2.24) is 9.80 Å². The molecule has 4 heteroatoms. The number of halogens is 1. The van der Waals surface area contributed by atoms with Gasteiger partial charge in [-0.15, -0.1) is 0 Å². The van der Waals surface area contributed by atoms with E-state index in [4.69, 9.17) is 0 Å². The molecule has 1 aliphatic carbocycles. The van der Waals surface area contributed by atoms with E-state index >= 15 is 0 Å². The van der Waals surface area contributed by atoms with Gasteiger partial charge in [0.2, 0.25) is 0 Å². The Labute approximate surface area is 106 Å². The quantitative estimate of drug-likeness (QED) is 0.756. The molecule has 2 aliphatic rings. The largest absolute Gasteiger partial charge is 0.304 e. The van der Waals surface area contributed by atoms with Crippen molar-refractivity contribution in [3.05, 3.63) is 35.1 Å². The van der Waals surface area contributed by atoms with Crippen LogP contribution in [0.15, 0.2) is 18.2 Å². The Morgan fingerprint density at radius 2 is 1.94 bits per heavy atom. The van der Waals surface area contributed by atoms with Crippen LogP contribution in [0.4, 0.5) is 4.39 Å². The van der Waals surface area contributed by atoms with Gasteiger partial charge in [-0.2, -0.15) is 0 Å². The fourth-order valence-corrected chi connectivity index (χ4v) is 2.92. The molecule has 0 N–H and O–H groups in total. The normalized spacial score (nSPS) is 25.4. The highest BCUT2D eigenvalue weighted by molar-refractivity contribution is 6.01. The van der Waals surface area contributed by atoms with Gasteiger partial charge in [0.15, 0.2) is 5.78 Å². The highest BCUT2D eigenvalue weighted by Gasteiger charge is 2.34. The summed E-state index contributed by atoms with van der Waals surface area (Å²) in [5.41, 5.74) is 1.59. The molecule has 1 aromatic carbocycles. The first-order valence-corrected chi connectivity index (χ1v) is 6.40. The van der Waals surface area contributed by atoms with Crippen molar-refractivity contribution >= 4 is 5.78 Å². The maximum absolute atomic E-state index is 13.4.